The summed E-state index contributed by atoms with van der Waals surface area (Å²) in [4.78, 5) is 12.3. The van der Waals surface area contributed by atoms with Crippen molar-refractivity contribution in [1.29, 1.82) is 0 Å². The lowest BCUT2D eigenvalue weighted by molar-refractivity contribution is -0.145. The molecule has 1 aromatic heterocycles. The van der Waals surface area contributed by atoms with Crippen LogP contribution in [-0.4, -0.2) is 24.4 Å². The van der Waals surface area contributed by atoms with Crippen molar-refractivity contribution in [3.05, 3.63) is 46.8 Å². The van der Waals surface area contributed by atoms with Gasteiger partial charge >= 0.3 is 5.63 Å². The maximum absolute atomic E-state index is 12.3. The number of phenols is 1. The molecule has 1 N–H and O–H groups in total. The Labute approximate surface area is 137 Å². The average Bonchev–Trinajstić information content (AvgIpc) is 2.60. The molecule has 2 aliphatic rings. The molecular formula is C19H16O5. The first kappa shape index (κ1) is 13.9. The van der Waals surface area contributed by atoms with Gasteiger partial charge in [-0.2, -0.15) is 0 Å². The lowest BCUT2D eigenvalue weighted by atomic mass is 9.70. The average molecular weight is 324 g/mol. The Morgan fingerprint density at radius 1 is 1.00 bits per heavy atom. The quantitative estimate of drug-likeness (QED) is 0.579. The van der Waals surface area contributed by atoms with Gasteiger partial charge in [-0.05, 0) is 36.8 Å². The van der Waals surface area contributed by atoms with E-state index in [0.29, 0.717) is 28.6 Å². The zero-order chi connectivity index (χ0) is 16.3. The first-order valence-corrected chi connectivity index (χ1v) is 8.13. The van der Waals surface area contributed by atoms with Crippen LogP contribution in [0.25, 0.3) is 21.7 Å². The highest BCUT2D eigenvalue weighted by molar-refractivity contribution is 6.04. The monoisotopic (exact) mass is 324 g/mol. The van der Waals surface area contributed by atoms with Gasteiger partial charge in [-0.1, -0.05) is 0 Å². The second kappa shape index (κ2) is 4.98. The molecule has 0 amide bonds. The molecule has 0 spiro atoms. The maximum Gasteiger partial charge on any atom is 0.344 e. The van der Waals surface area contributed by atoms with Crippen molar-refractivity contribution in [2.45, 2.75) is 12.5 Å². The van der Waals surface area contributed by atoms with Crippen molar-refractivity contribution in [2.24, 2.45) is 11.8 Å². The second-order valence-corrected chi connectivity index (χ2v) is 6.65. The summed E-state index contributed by atoms with van der Waals surface area (Å²) in [6.07, 6.45) is 1.34. The van der Waals surface area contributed by atoms with Gasteiger partial charge in [0.2, 0.25) is 0 Å². The van der Waals surface area contributed by atoms with Gasteiger partial charge in [-0.3, -0.25) is 0 Å². The van der Waals surface area contributed by atoms with Gasteiger partial charge in [0.05, 0.1) is 18.6 Å². The fourth-order valence-corrected chi connectivity index (χ4v) is 3.87. The Hall–Kier alpha value is -2.53. The maximum atomic E-state index is 12.3. The normalized spacial score (nSPS) is 25.6. The molecule has 5 nitrogen and oxygen atoms in total. The van der Waals surface area contributed by atoms with Gasteiger partial charge in [-0.25, -0.2) is 4.79 Å². The molecule has 2 bridgehead atoms. The van der Waals surface area contributed by atoms with Crippen molar-refractivity contribution in [3.8, 4) is 11.5 Å². The number of benzene rings is 2. The van der Waals surface area contributed by atoms with E-state index in [1.165, 1.54) is 6.07 Å². The van der Waals surface area contributed by atoms with E-state index in [4.69, 9.17) is 13.9 Å². The molecule has 5 rings (SSSR count). The minimum atomic E-state index is -0.425. The van der Waals surface area contributed by atoms with Crippen molar-refractivity contribution in [1.82, 2.24) is 0 Å². The van der Waals surface area contributed by atoms with E-state index in [1.54, 1.807) is 18.2 Å². The molecular weight excluding hydrogens is 308 g/mol. The van der Waals surface area contributed by atoms with E-state index in [9.17, 15) is 9.90 Å². The molecule has 2 unspecified atom stereocenters. The highest BCUT2D eigenvalue weighted by Gasteiger charge is 2.46. The van der Waals surface area contributed by atoms with Crippen LogP contribution < -0.4 is 10.4 Å². The first-order valence-electron chi connectivity index (χ1n) is 8.13. The van der Waals surface area contributed by atoms with E-state index in [-0.39, 0.29) is 11.9 Å². The summed E-state index contributed by atoms with van der Waals surface area (Å²) in [5.41, 5.74) is -0.0440. The van der Waals surface area contributed by atoms with Gasteiger partial charge in [0, 0.05) is 28.7 Å². The van der Waals surface area contributed by atoms with E-state index >= 15 is 0 Å². The number of aromatic hydroxyl groups is 1. The molecule has 3 aromatic rings. The van der Waals surface area contributed by atoms with Crippen molar-refractivity contribution in [2.75, 3.05) is 13.2 Å². The van der Waals surface area contributed by atoms with E-state index in [2.05, 4.69) is 0 Å². The summed E-state index contributed by atoms with van der Waals surface area (Å²) >= 11 is 0. The number of ether oxygens (including phenoxy) is 2. The summed E-state index contributed by atoms with van der Waals surface area (Å²) in [7, 11) is 0. The van der Waals surface area contributed by atoms with E-state index in [1.807, 2.05) is 12.1 Å². The molecule has 2 fully saturated rings. The molecule has 1 aliphatic heterocycles. The third kappa shape index (κ3) is 2.01. The lowest BCUT2D eigenvalue weighted by Gasteiger charge is -2.48. The summed E-state index contributed by atoms with van der Waals surface area (Å²) in [5, 5.41) is 11.6. The molecule has 24 heavy (non-hydrogen) atoms. The topological polar surface area (TPSA) is 68.9 Å². The van der Waals surface area contributed by atoms with Gasteiger partial charge in [0.15, 0.2) is 0 Å². The van der Waals surface area contributed by atoms with Crippen molar-refractivity contribution >= 4 is 21.7 Å². The van der Waals surface area contributed by atoms with E-state index < -0.39 is 5.63 Å². The highest BCUT2D eigenvalue weighted by Crippen LogP contribution is 2.41. The van der Waals surface area contributed by atoms with Crippen molar-refractivity contribution < 1.29 is 19.0 Å². The van der Waals surface area contributed by atoms with Gasteiger partial charge in [0.25, 0.3) is 0 Å². The Bertz CT molecular complexity index is 992. The van der Waals surface area contributed by atoms with Gasteiger partial charge in [-0.15, -0.1) is 0 Å². The van der Waals surface area contributed by atoms with Crippen LogP contribution in [0.2, 0.25) is 0 Å². The molecule has 1 saturated heterocycles. The second-order valence-electron chi connectivity index (χ2n) is 6.65. The summed E-state index contributed by atoms with van der Waals surface area (Å²) < 4.78 is 16.9. The standard InChI is InChI=1S/C19H16O5/c20-12-1-3-15-14-4-2-13(7-16(14)19(21)24-17(15)6-12)23-18-10-5-11(18)9-22-8-10/h1-4,6-7,10-11,18,20H,5,8-9H2. The molecule has 2 atom stereocenters. The number of rotatable bonds is 2. The third-order valence-electron chi connectivity index (χ3n) is 5.14. The van der Waals surface area contributed by atoms with Crippen LogP contribution in [0.3, 0.4) is 0 Å². The number of fused-ring (bicyclic) bond motifs is 5. The Kier molecular flexibility index (Phi) is 2.88. The van der Waals surface area contributed by atoms with Crippen LogP contribution in [0.4, 0.5) is 0 Å². The molecule has 2 heterocycles. The van der Waals surface area contributed by atoms with Crippen LogP contribution in [0.5, 0.6) is 11.5 Å². The van der Waals surface area contributed by atoms with Gasteiger partial charge < -0.3 is 19.0 Å². The van der Waals surface area contributed by atoms with E-state index in [0.717, 1.165) is 30.4 Å². The predicted molar refractivity (Wildman–Crippen MR) is 88.5 cm³/mol. The Morgan fingerprint density at radius 3 is 2.58 bits per heavy atom. The Morgan fingerprint density at radius 2 is 1.79 bits per heavy atom. The Balaban J connectivity index is 1.58. The summed E-state index contributed by atoms with van der Waals surface area (Å²) in [6, 6.07) is 10.3. The SMILES string of the molecule is O=c1oc2cc(O)ccc2c2ccc(OC3C4COCC3C4)cc12. The largest absolute Gasteiger partial charge is 0.508 e. The van der Waals surface area contributed by atoms with Crippen LogP contribution in [-0.2, 0) is 4.74 Å². The first-order chi connectivity index (χ1) is 11.7. The van der Waals surface area contributed by atoms with Crippen molar-refractivity contribution in [3.63, 3.8) is 0 Å². The highest BCUT2D eigenvalue weighted by atomic mass is 16.5. The van der Waals surface area contributed by atoms with Crippen LogP contribution in [0.1, 0.15) is 6.42 Å². The number of hydrogen-bond donors (Lipinski definition) is 1. The lowest BCUT2D eigenvalue weighted by Crippen LogP contribution is -2.54. The molecule has 0 radical (unpaired) electrons. The smallest absolute Gasteiger partial charge is 0.344 e. The minimum absolute atomic E-state index is 0.0729. The predicted octanol–water partition coefficient (Wildman–Crippen LogP) is 3.07. The van der Waals surface area contributed by atoms with Crippen LogP contribution >= 0.6 is 0 Å². The minimum Gasteiger partial charge on any atom is -0.508 e. The van der Waals surface area contributed by atoms with Gasteiger partial charge in [0.1, 0.15) is 23.2 Å². The molecule has 2 aromatic carbocycles. The molecule has 5 heteroatoms. The zero-order valence-corrected chi connectivity index (χ0v) is 12.9. The summed E-state index contributed by atoms with van der Waals surface area (Å²) in [6.45, 7) is 1.51. The fourth-order valence-electron chi connectivity index (χ4n) is 3.87. The summed E-state index contributed by atoms with van der Waals surface area (Å²) in [5.74, 6) is 1.67. The number of phenolic OH excluding ortho intramolecular Hbond substituents is 1. The van der Waals surface area contributed by atoms with Crippen LogP contribution in [0, 0.1) is 11.8 Å². The van der Waals surface area contributed by atoms with Crippen LogP contribution in [0.15, 0.2) is 45.6 Å². The third-order valence-corrected chi connectivity index (χ3v) is 5.14. The number of hydrogen-bond acceptors (Lipinski definition) is 5. The zero-order valence-electron chi connectivity index (χ0n) is 12.9. The molecule has 1 aliphatic carbocycles. The molecule has 122 valence electrons. The molecule has 1 saturated carbocycles. The fraction of sp³-hybridized carbons (Fsp3) is 0.316.